The van der Waals surface area contributed by atoms with Crippen molar-refractivity contribution in [2.45, 2.75) is 44.9 Å². The first kappa shape index (κ1) is 19.5. The molecule has 5 rings (SSSR count). The lowest BCUT2D eigenvalue weighted by molar-refractivity contribution is -0.125. The van der Waals surface area contributed by atoms with Gasteiger partial charge in [0.15, 0.2) is 0 Å². The Morgan fingerprint density at radius 2 is 1.97 bits per heavy atom. The van der Waals surface area contributed by atoms with Crippen molar-refractivity contribution in [2.24, 2.45) is 13.0 Å². The van der Waals surface area contributed by atoms with Gasteiger partial charge < -0.3 is 14.5 Å². The smallest absolute Gasteiger partial charge is 0.255 e. The molecule has 2 bridgehead atoms. The van der Waals surface area contributed by atoms with Gasteiger partial charge >= 0.3 is 0 Å². The van der Waals surface area contributed by atoms with Crippen molar-refractivity contribution in [3.63, 3.8) is 0 Å². The van der Waals surface area contributed by atoms with Gasteiger partial charge in [0.05, 0.1) is 13.1 Å². The maximum Gasteiger partial charge on any atom is 0.255 e. The largest absolute Gasteiger partial charge is 0.351 e. The van der Waals surface area contributed by atoms with E-state index in [1.165, 1.54) is 0 Å². The fourth-order valence-electron chi connectivity index (χ4n) is 5.47. The highest BCUT2D eigenvalue weighted by Gasteiger charge is 2.35. The molecule has 0 radical (unpaired) electrons. The Labute approximate surface area is 176 Å². The van der Waals surface area contributed by atoms with Crippen molar-refractivity contribution in [2.75, 3.05) is 26.2 Å². The molecular formula is C22H30N6O2. The summed E-state index contributed by atoms with van der Waals surface area (Å²) in [5.41, 5.74) is 2.08. The third-order valence-electron chi connectivity index (χ3n) is 6.75. The standard InChI is InChI=1S/C22H30N6O2/c1-15-8-26(14-21(29)24-15)11-17-3-4-19-18-7-16(10-28(19)22(17)30)9-27(12-18)13-20-23-5-6-25(20)2/h3-6,15-16,18H,7-14H2,1-2H3,(H,24,29)/t15-,16+,18-/m1/s1. The van der Waals surface area contributed by atoms with E-state index in [1.807, 2.05) is 37.0 Å². The summed E-state index contributed by atoms with van der Waals surface area (Å²) in [5, 5.41) is 2.93. The van der Waals surface area contributed by atoms with Crippen molar-refractivity contribution in [3.05, 3.63) is 52.0 Å². The highest BCUT2D eigenvalue weighted by atomic mass is 16.2. The van der Waals surface area contributed by atoms with Crippen LogP contribution in [-0.4, -0.2) is 62.0 Å². The Balaban J connectivity index is 1.34. The number of rotatable bonds is 4. The number of carbonyl (C=O) groups excluding carboxylic acids is 1. The van der Waals surface area contributed by atoms with Crippen LogP contribution in [0.5, 0.6) is 0 Å². The second-order valence-corrected chi connectivity index (χ2v) is 9.28. The van der Waals surface area contributed by atoms with Gasteiger partial charge in [-0.3, -0.25) is 19.4 Å². The summed E-state index contributed by atoms with van der Waals surface area (Å²) >= 11 is 0. The van der Waals surface area contributed by atoms with E-state index in [0.29, 0.717) is 24.9 Å². The average Bonchev–Trinajstić information content (AvgIpc) is 3.08. The molecule has 3 aliphatic heterocycles. The summed E-state index contributed by atoms with van der Waals surface area (Å²) in [6, 6.07) is 4.26. The SMILES string of the molecule is C[C@@H]1CN(Cc2ccc3n(c2=O)C[C@H]2C[C@@H]3CN(Cc3nccn3C)C2)CC(=O)N1. The van der Waals surface area contributed by atoms with E-state index >= 15 is 0 Å². The Hall–Kier alpha value is -2.45. The molecule has 0 aromatic carbocycles. The number of piperazine rings is 1. The average molecular weight is 411 g/mol. The fraction of sp³-hybridized carbons (Fsp3) is 0.591. The van der Waals surface area contributed by atoms with Crippen molar-refractivity contribution in [1.82, 2.24) is 29.2 Å². The summed E-state index contributed by atoms with van der Waals surface area (Å²) in [4.78, 5) is 34.1. The zero-order chi connectivity index (χ0) is 20.8. The third kappa shape index (κ3) is 3.70. The Morgan fingerprint density at radius 1 is 1.10 bits per heavy atom. The fourth-order valence-corrected chi connectivity index (χ4v) is 5.47. The van der Waals surface area contributed by atoms with Crippen LogP contribution in [0.2, 0.25) is 0 Å². The Bertz CT molecular complexity index is 1010. The van der Waals surface area contributed by atoms with Crippen LogP contribution in [0, 0.1) is 5.92 Å². The Kier molecular flexibility index (Phi) is 4.99. The lowest BCUT2D eigenvalue weighted by Gasteiger charge is -2.43. The van der Waals surface area contributed by atoms with Gasteiger partial charge in [0.25, 0.3) is 5.56 Å². The number of imidazole rings is 1. The number of piperidine rings is 1. The van der Waals surface area contributed by atoms with Gasteiger partial charge in [-0.25, -0.2) is 4.98 Å². The van der Waals surface area contributed by atoms with Crippen LogP contribution < -0.4 is 10.9 Å². The zero-order valence-electron chi connectivity index (χ0n) is 17.8. The van der Waals surface area contributed by atoms with E-state index in [1.54, 1.807) is 0 Å². The predicted octanol–water partition coefficient (Wildman–Crippen LogP) is 0.521. The first-order valence-electron chi connectivity index (χ1n) is 10.9. The van der Waals surface area contributed by atoms with Gasteiger partial charge in [-0.1, -0.05) is 6.07 Å². The molecule has 2 aromatic heterocycles. The van der Waals surface area contributed by atoms with E-state index in [2.05, 4.69) is 30.7 Å². The van der Waals surface area contributed by atoms with Gasteiger partial charge in [0.2, 0.25) is 5.91 Å². The van der Waals surface area contributed by atoms with E-state index in [9.17, 15) is 9.59 Å². The summed E-state index contributed by atoms with van der Waals surface area (Å²) in [5.74, 6) is 2.00. The molecule has 8 nitrogen and oxygen atoms in total. The highest BCUT2D eigenvalue weighted by Crippen LogP contribution is 2.35. The lowest BCUT2D eigenvalue weighted by atomic mass is 9.83. The van der Waals surface area contributed by atoms with Crippen LogP contribution in [0.3, 0.4) is 0 Å². The van der Waals surface area contributed by atoms with Crippen molar-refractivity contribution < 1.29 is 4.79 Å². The minimum Gasteiger partial charge on any atom is -0.351 e. The summed E-state index contributed by atoms with van der Waals surface area (Å²) in [7, 11) is 2.04. The molecular weight excluding hydrogens is 380 g/mol. The molecule has 3 atom stereocenters. The molecule has 2 aromatic rings. The number of aromatic nitrogens is 3. The zero-order valence-corrected chi connectivity index (χ0v) is 17.8. The first-order valence-corrected chi connectivity index (χ1v) is 10.9. The van der Waals surface area contributed by atoms with Crippen LogP contribution in [0.15, 0.2) is 29.3 Å². The topological polar surface area (TPSA) is 75.4 Å². The number of nitrogens with zero attached hydrogens (tertiary/aromatic N) is 5. The van der Waals surface area contributed by atoms with Crippen LogP contribution >= 0.6 is 0 Å². The molecule has 1 N–H and O–H groups in total. The van der Waals surface area contributed by atoms with Gasteiger partial charge in [0, 0.05) is 75.4 Å². The normalized spacial score (nSPS) is 27.0. The monoisotopic (exact) mass is 410 g/mol. The van der Waals surface area contributed by atoms with E-state index in [4.69, 9.17) is 0 Å². The molecule has 5 heterocycles. The molecule has 30 heavy (non-hydrogen) atoms. The number of hydrogen-bond acceptors (Lipinski definition) is 5. The number of nitrogens with one attached hydrogen (secondary N) is 1. The number of carbonyl (C=O) groups is 1. The van der Waals surface area contributed by atoms with Crippen LogP contribution in [0.1, 0.15) is 36.3 Å². The molecule has 3 aliphatic rings. The Morgan fingerprint density at radius 3 is 2.73 bits per heavy atom. The minimum absolute atomic E-state index is 0.0362. The van der Waals surface area contributed by atoms with E-state index < -0.39 is 0 Å². The first-order chi connectivity index (χ1) is 14.5. The second-order valence-electron chi connectivity index (χ2n) is 9.28. The van der Waals surface area contributed by atoms with Gasteiger partial charge in [-0.05, 0) is 25.3 Å². The van der Waals surface area contributed by atoms with Gasteiger partial charge in [-0.2, -0.15) is 0 Å². The molecule has 0 unspecified atom stereocenters. The number of aryl methyl sites for hydroxylation is 1. The molecule has 1 amide bonds. The quantitative estimate of drug-likeness (QED) is 0.796. The van der Waals surface area contributed by atoms with Crippen molar-refractivity contribution >= 4 is 5.91 Å². The number of hydrogen-bond donors (Lipinski definition) is 1. The summed E-state index contributed by atoms with van der Waals surface area (Å²) in [6.45, 7) is 7.29. The third-order valence-corrected chi connectivity index (χ3v) is 6.75. The molecule has 8 heteroatoms. The molecule has 0 saturated carbocycles. The molecule has 2 fully saturated rings. The lowest BCUT2D eigenvalue weighted by Crippen LogP contribution is -2.53. The van der Waals surface area contributed by atoms with Crippen molar-refractivity contribution in [3.8, 4) is 0 Å². The maximum absolute atomic E-state index is 13.3. The molecule has 160 valence electrons. The van der Waals surface area contributed by atoms with E-state index in [-0.39, 0.29) is 17.5 Å². The second kappa shape index (κ2) is 7.67. The molecule has 0 spiro atoms. The molecule has 0 aliphatic carbocycles. The van der Waals surface area contributed by atoms with E-state index in [0.717, 1.165) is 56.2 Å². The highest BCUT2D eigenvalue weighted by molar-refractivity contribution is 5.79. The van der Waals surface area contributed by atoms with Crippen LogP contribution in [0.25, 0.3) is 0 Å². The number of amides is 1. The predicted molar refractivity (Wildman–Crippen MR) is 113 cm³/mol. The van der Waals surface area contributed by atoms with Crippen LogP contribution in [-0.2, 0) is 31.5 Å². The number of fused-ring (bicyclic) bond motifs is 4. The van der Waals surface area contributed by atoms with Gasteiger partial charge in [-0.15, -0.1) is 0 Å². The van der Waals surface area contributed by atoms with Crippen LogP contribution in [0.4, 0.5) is 0 Å². The summed E-state index contributed by atoms with van der Waals surface area (Å²) < 4.78 is 4.09. The maximum atomic E-state index is 13.3. The van der Waals surface area contributed by atoms with Crippen molar-refractivity contribution in [1.29, 1.82) is 0 Å². The number of pyridine rings is 1. The van der Waals surface area contributed by atoms with Gasteiger partial charge in [0.1, 0.15) is 5.82 Å². The number of likely N-dealkylation sites (tertiary alicyclic amines) is 1. The minimum atomic E-state index is 0.0362. The summed E-state index contributed by atoms with van der Waals surface area (Å²) in [6.07, 6.45) is 4.99. The molecule has 2 saturated heterocycles.